The monoisotopic (exact) mass is 274 g/mol. The van der Waals surface area contributed by atoms with Crippen LogP contribution in [0.4, 0.5) is 0 Å². The van der Waals surface area contributed by atoms with Crippen LogP contribution in [0.3, 0.4) is 0 Å². The van der Waals surface area contributed by atoms with Crippen molar-refractivity contribution in [3.63, 3.8) is 0 Å². The van der Waals surface area contributed by atoms with E-state index in [0.717, 1.165) is 17.8 Å². The summed E-state index contributed by atoms with van der Waals surface area (Å²) in [7, 11) is 0. The molecule has 1 aromatic carbocycles. The highest BCUT2D eigenvalue weighted by molar-refractivity contribution is 7.99. The van der Waals surface area contributed by atoms with Gasteiger partial charge in [0.15, 0.2) is 0 Å². The summed E-state index contributed by atoms with van der Waals surface area (Å²) in [6.07, 6.45) is 1.85. The fourth-order valence-corrected chi connectivity index (χ4v) is 3.01. The predicted octanol–water partition coefficient (Wildman–Crippen LogP) is 4.03. The van der Waals surface area contributed by atoms with Gasteiger partial charge >= 0.3 is 0 Å². The van der Waals surface area contributed by atoms with Crippen LogP contribution in [0.5, 0.6) is 0 Å². The second-order valence-corrected chi connectivity index (χ2v) is 6.56. The summed E-state index contributed by atoms with van der Waals surface area (Å²) in [5, 5.41) is 5.47. The molecule has 1 atom stereocenters. The van der Waals surface area contributed by atoms with Gasteiger partial charge in [-0.1, -0.05) is 32.9 Å². The maximum atomic E-state index is 4.38. The number of nitrogens with one attached hydrogen (secondary N) is 1. The second kappa shape index (κ2) is 6.92. The second-order valence-electron chi connectivity index (χ2n) is 4.95. The molecule has 102 valence electrons. The number of rotatable bonds is 6. The molecule has 0 aliphatic carbocycles. The molecule has 1 heterocycles. The number of fused-ring (bicyclic) bond motifs is 1. The maximum Gasteiger partial charge on any atom is 0.0702 e. The van der Waals surface area contributed by atoms with Crippen LogP contribution in [0.25, 0.3) is 10.9 Å². The zero-order valence-corrected chi connectivity index (χ0v) is 12.7. The van der Waals surface area contributed by atoms with Gasteiger partial charge < -0.3 is 5.32 Å². The number of thioether (sulfide) groups is 1. The number of benzene rings is 1. The molecule has 0 saturated carbocycles. The van der Waals surface area contributed by atoms with Gasteiger partial charge in [0.2, 0.25) is 0 Å². The van der Waals surface area contributed by atoms with E-state index in [2.05, 4.69) is 55.3 Å². The van der Waals surface area contributed by atoms with Gasteiger partial charge in [0.05, 0.1) is 5.52 Å². The summed E-state index contributed by atoms with van der Waals surface area (Å²) in [6.45, 7) is 7.65. The Morgan fingerprint density at radius 2 is 2.11 bits per heavy atom. The first-order chi connectivity index (χ1) is 9.20. The molecular formula is C16H22N2S. The highest BCUT2D eigenvalue weighted by Crippen LogP contribution is 2.24. The molecule has 1 N–H and O–H groups in total. The standard InChI is InChI=1S/C16H22N2S/c1-4-17-16(11-19-12(2)3)14-7-8-15-13(10-14)6-5-9-18-15/h5-10,12,16-17H,4,11H2,1-3H3. The SMILES string of the molecule is CCNC(CSC(C)C)c1ccc2ncccc2c1. The van der Waals surface area contributed by atoms with Crippen LogP contribution in [0, 0.1) is 0 Å². The number of hydrogen-bond acceptors (Lipinski definition) is 3. The largest absolute Gasteiger partial charge is 0.310 e. The number of hydrogen-bond donors (Lipinski definition) is 1. The minimum atomic E-state index is 0.419. The summed E-state index contributed by atoms with van der Waals surface area (Å²) >= 11 is 2.00. The Morgan fingerprint density at radius 3 is 2.84 bits per heavy atom. The van der Waals surface area contributed by atoms with E-state index in [-0.39, 0.29) is 0 Å². The number of pyridine rings is 1. The van der Waals surface area contributed by atoms with E-state index in [9.17, 15) is 0 Å². The Hall–Kier alpha value is -1.06. The van der Waals surface area contributed by atoms with Crippen molar-refractivity contribution in [2.24, 2.45) is 0 Å². The van der Waals surface area contributed by atoms with E-state index in [0.29, 0.717) is 11.3 Å². The Balaban J connectivity index is 2.22. The van der Waals surface area contributed by atoms with Crippen LogP contribution in [-0.4, -0.2) is 22.5 Å². The highest BCUT2D eigenvalue weighted by atomic mass is 32.2. The van der Waals surface area contributed by atoms with Gasteiger partial charge in [0, 0.05) is 23.4 Å². The fourth-order valence-electron chi connectivity index (χ4n) is 2.12. The molecule has 0 aliphatic heterocycles. The molecule has 19 heavy (non-hydrogen) atoms. The van der Waals surface area contributed by atoms with Crippen molar-refractivity contribution in [2.45, 2.75) is 32.1 Å². The quantitative estimate of drug-likeness (QED) is 0.861. The van der Waals surface area contributed by atoms with E-state index in [1.54, 1.807) is 0 Å². The first-order valence-electron chi connectivity index (χ1n) is 6.90. The normalized spacial score (nSPS) is 13.1. The Kier molecular flexibility index (Phi) is 5.23. The average Bonchev–Trinajstić information content (AvgIpc) is 2.42. The molecule has 0 aliphatic rings. The molecular weight excluding hydrogens is 252 g/mol. The Morgan fingerprint density at radius 1 is 1.26 bits per heavy atom. The van der Waals surface area contributed by atoms with Crippen LogP contribution < -0.4 is 5.32 Å². The van der Waals surface area contributed by atoms with Crippen molar-refractivity contribution in [2.75, 3.05) is 12.3 Å². The van der Waals surface area contributed by atoms with Gasteiger partial charge in [-0.25, -0.2) is 0 Å². The molecule has 0 saturated heterocycles. The first kappa shape index (κ1) is 14.4. The smallest absolute Gasteiger partial charge is 0.0702 e. The van der Waals surface area contributed by atoms with Crippen molar-refractivity contribution in [1.29, 1.82) is 0 Å². The Bertz CT molecular complexity index is 525. The third-order valence-electron chi connectivity index (χ3n) is 3.08. The van der Waals surface area contributed by atoms with Crippen molar-refractivity contribution in [3.8, 4) is 0 Å². The Labute approximate surface area is 120 Å². The molecule has 1 unspecified atom stereocenters. The van der Waals surface area contributed by atoms with Crippen molar-refractivity contribution in [3.05, 3.63) is 42.1 Å². The highest BCUT2D eigenvalue weighted by Gasteiger charge is 2.11. The van der Waals surface area contributed by atoms with E-state index in [4.69, 9.17) is 0 Å². The molecule has 0 radical (unpaired) electrons. The molecule has 2 aromatic rings. The predicted molar refractivity (Wildman–Crippen MR) is 85.8 cm³/mol. The minimum Gasteiger partial charge on any atom is -0.310 e. The zero-order valence-electron chi connectivity index (χ0n) is 11.9. The summed E-state index contributed by atoms with van der Waals surface area (Å²) < 4.78 is 0. The van der Waals surface area contributed by atoms with E-state index in [1.165, 1.54) is 10.9 Å². The fraction of sp³-hybridized carbons (Fsp3) is 0.438. The van der Waals surface area contributed by atoms with Crippen LogP contribution in [0.1, 0.15) is 32.4 Å². The third-order valence-corrected chi connectivity index (χ3v) is 4.27. The van der Waals surface area contributed by atoms with Gasteiger partial charge in [0.1, 0.15) is 0 Å². The average molecular weight is 274 g/mol. The topological polar surface area (TPSA) is 24.9 Å². The maximum absolute atomic E-state index is 4.38. The van der Waals surface area contributed by atoms with Gasteiger partial charge in [-0.15, -0.1) is 0 Å². The molecule has 0 bridgehead atoms. The van der Waals surface area contributed by atoms with Gasteiger partial charge in [-0.3, -0.25) is 4.98 Å². The van der Waals surface area contributed by atoms with Gasteiger partial charge in [-0.05, 0) is 35.6 Å². The number of aromatic nitrogens is 1. The van der Waals surface area contributed by atoms with Crippen LogP contribution in [-0.2, 0) is 0 Å². The molecule has 2 nitrogen and oxygen atoms in total. The van der Waals surface area contributed by atoms with Crippen molar-refractivity contribution >= 4 is 22.7 Å². The van der Waals surface area contributed by atoms with Crippen LogP contribution in [0.2, 0.25) is 0 Å². The van der Waals surface area contributed by atoms with Crippen molar-refractivity contribution < 1.29 is 0 Å². The molecule has 3 heteroatoms. The lowest BCUT2D eigenvalue weighted by Gasteiger charge is -2.19. The number of nitrogens with zero attached hydrogens (tertiary/aromatic N) is 1. The molecule has 0 spiro atoms. The molecule has 0 amide bonds. The first-order valence-corrected chi connectivity index (χ1v) is 7.95. The summed E-state index contributed by atoms with van der Waals surface area (Å²) in [5.41, 5.74) is 2.42. The van der Waals surface area contributed by atoms with Crippen molar-refractivity contribution in [1.82, 2.24) is 10.3 Å². The lowest BCUT2D eigenvalue weighted by Crippen LogP contribution is -2.23. The molecule has 0 fully saturated rings. The van der Waals surface area contributed by atoms with E-state index in [1.807, 2.05) is 24.0 Å². The van der Waals surface area contributed by atoms with Gasteiger partial charge in [-0.2, -0.15) is 11.8 Å². The third kappa shape index (κ3) is 3.95. The van der Waals surface area contributed by atoms with Gasteiger partial charge in [0.25, 0.3) is 0 Å². The van der Waals surface area contributed by atoms with E-state index >= 15 is 0 Å². The zero-order chi connectivity index (χ0) is 13.7. The summed E-state index contributed by atoms with van der Waals surface area (Å²) in [6, 6.07) is 11.1. The van der Waals surface area contributed by atoms with Crippen LogP contribution >= 0.6 is 11.8 Å². The molecule has 1 aromatic heterocycles. The lowest BCUT2D eigenvalue weighted by molar-refractivity contribution is 0.606. The molecule has 2 rings (SSSR count). The summed E-state index contributed by atoms with van der Waals surface area (Å²) in [4.78, 5) is 4.38. The van der Waals surface area contributed by atoms with E-state index < -0.39 is 0 Å². The summed E-state index contributed by atoms with van der Waals surface area (Å²) in [5.74, 6) is 1.11. The lowest BCUT2D eigenvalue weighted by atomic mass is 10.1. The minimum absolute atomic E-state index is 0.419. The van der Waals surface area contributed by atoms with Crippen LogP contribution in [0.15, 0.2) is 36.5 Å².